The molecule has 5 heterocycles. The molecule has 1 aliphatic rings. The predicted octanol–water partition coefficient (Wildman–Crippen LogP) is 5.12. The molecule has 0 spiro atoms. The smallest absolute Gasteiger partial charge is 0.475 e. The zero-order valence-corrected chi connectivity index (χ0v) is 20.4. The Hall–Kier alpha value is -4.96. The van der Waals surface area contributed by atoms with Gasteiger partial charge in [-0.1, -0.05) is 6.92 Å². The second kappa shape index (κ2) is 11.4. The first-order valence-corrected chi connectivity index (χ1v) is 11.1. The second-order valence-electron chi connectivity index (χ2n) is 7.88. The van der Waals surface area contributed by atoms with Crippen LogP contribution < -0.4 is 5.32 Å². The number of anilines is 2. The van der Waals surface area contributed by atoms with Gasteiger partial charge in [0.15, 0.2) is 0 Å². The molecule has 40 heavy (non-hydrogen) atoms. The summed E-state index contributed by atoms with van der Waals surface area (Å²) < 4.78 is 63.5. The third-order valence-electron chi connectivity index (χ3n) is 5.19. The SMILES string of the molecule is CCc1n[nH]c(C)c1-c1nc2c([nH]1)-c1ccncc1Nc1ncccc1-2.O=C(O)C(F)(F)F.O=C(O)C(F)(F)F. The van der Waals surface area contributed by atoms with Crippen molar-refractivity contribution in [2.75, 3.05) is 5.32 Å². The fourth-order valence-electron chi connectivity index (χ4n) is 3.47. The standard InChI is InChI=1S/C19H17N7.2C2HF3O2/c1-3-13-15(10(2)25-26-13)19-23-16-11-6-8-20-9-14(11)22-18-12(17(16)24-19)5-4-7-21-18;2*3-2(4,5)1(6)7/h4-9H,3H2,1-2H3,(H,21,22)(H,23,24)(H,25,26);2*(H,6,7). The summed E-state index contributed by atoms with van der Waals surface area (Å²) in [6.07, 6.45) is -3.96. The van der Waals surface area contributed by atoms with Gasteiger partial charge in [0.2, 0.25) is 0 Å². The lowest BCUT2D eigenvalue weighted by atomic mass is 10.1. The number of nitrogens with one attached hydrogen (secondary N) is 3. The molecule has 11 nitrogen and oxygen atoms in total. The summed E-state index contributed by atoms with van der Waals surface area (Å²) in [4.78, 5) is 35.0. The minimum Gasteiger partial charge on any atom is -0.475 e. The number of fused-ring (bicyclic) bond motifs is 5. The van der Waals surface area contributed by atoms with Gasteiger partial charge in [-0.05, 0) is 31.5 Å². The maximum atomic E-state index is 10.6. The van der Waals surface area contributed by atoms with Gasteiger partial charge in [-0.3, -0.25) is 10.1 Å². The Kier molecular flexibility index (Phi) is 8.45. The highest BCUT2D eigenvalue weighted by Crippen LogP contribution is 2.43. The number of carboxylic acid groups (broad SMARTS) is 2. The Morgan fingerprint density at radius 2 is 1.60 bits per heavy atom. The van der Waals surface area contributed by atoms with E-state index in [0.29, 0.717) is 0 Å². The zero-order chi connectivity index (χ0) is 29.8. The van der Waals surface area contributed by atoms with E-state index in [1.807, 2.05) is 31.3 Å². The average molecular weight is 571 g/mol. The van der Waals surface area contributed by atoms with Gasteiger partial charge in [0.25, 0.3) is 0 Å². The Bertz CT molecular complexity index is 1440. The lowest BCUT2D eigenvalue weighted by Gasteiger charge is -2.07. The molecular weight excluding hydrogens is 552 g/mol. The van der Waals surface area contributed by atoms with Gasteiger partial charge >= 0.3 is 24.3 Å². The monoisotopic (exact) mass is 571 g/mol. The lowest BCUT2D eigenvalue weighted by Crippen LogP contribution is -2.21. The molecule has 0 bridgehead atoms. The van der Waals surface area contributed by atoms with Crippen LogP contribution in [0.1, 0.15) is 18.3 Å². The molecule has 0 amide bonds. The van der Waals surface area contributed by atoms with Crippen LogP contribution in [0.4, 0.5) is 37.8 Å². The van der Waals surface area contributed by atoms with Gasteiger partial charge in [0.1, 0.15) is 17.3 Å². The second-order valence-corrected chi connectivity index (χ2v) is 7.88. The molecule has 0 aliphatic carbocycles. The van der Waals surface area contributed by atoms with Crippen molar-refractivity contribution in [3.63, 3.8) is 0 Å². The van der Waals surface area contributed by atoms with Crippen molar-refractivity contribution in [3.8, 4) is 33.9 Å². The highest BCUT2D eigenvalue weighted by molar-refractivity contribution is 5.95. The number of hydrogen-bond acceptors (Lipinski definition) is 7. The number of rotatable bonds is 2. The molecule has 1 aliphatic heterocycles. The maximum Gasteiger partial charge on any atom is 0.490 e. The van der Waals surface area contributed by atoms with Crippen LogP contribution in [0.15, 0.2) is 36.8 Å². The van der Waals surface area contributed by atoms with Gasteiger partial charge < -0.3 is 20.5 Å². The molecule has 4 aromatic rings. The van der Waals surface area contributed by atoms with E-state index in [9.17, 15) is 26.3 Å². The molecule has 0 fully saturated rings. The number of halogens is 6. The number of H-pyrrole nitrogens is 2. The Morgan fingerprint density at radius 1 is 0.975 bits per heavy atom. The van der Waals surface area contributed by atoms with Crippen LogP contribution in [-0.2, 0) is 16.0 Å². The predicted molar refractivity (Wildman–Crippen MR) is 127 cm³/mol. The number of aryl methyl sites for hydroxylation is 2. The van der Waals surface area contributed by atoms with Crippen LogP contribution in [-0.4, -0.2) is 64.6 Å². The number of aromatic amines is 2. The van der Waals surface area contributed by atoms with Gasteiger partial charge in [-0.25, -0.2) is 19.6 Å². The molecule has 0 unspecified atom stereocenters. The third kappa shape index (κ3) is 6.54. The van der Waals surface area contributed by atoms with Crippen molar-refractivity contribution in [1.82, 2.24) is 30.1 Å². The van der Waals surface area contributed by atoms with E-state index in [2.05, 4.69) is 37.4 Å². The van der Waals surface area contributed by atoms with E-state index in [-0.39, 0.29) is 0 Å². The van der Waals surface area contributed by atoms with E-state index in [1.165, 1.54) is 0 Å². The van der Waals surface area contributed by atoms with Crippen LogP contribution >= 0.6 is 0 Å². The zero-order valence-electron chi connectivity index (χ0n) is 20.4. The molecule has 0 radical (unpaired) electrons. The highest BCUT2D eigenvalue weighted by atomic mass is 19.4. The highest BCUT2D eigenvalue weighted by Gasteiger charge is 2.38. The third-order valence-corrected chi connectivity index (χ3v) is 5.19. The first-order valence-electron chi connectivity index (χ1n) is 11.1. The number of aliphatic carboxylic acids is 2. The van der Waals surface area contributed by atoms with Crippen LogP contribution in [0, 0.1) is 6.92 Å². The quantitative estimate of drug-likeness (QED) is 0.181. The molecular formula is C23H19F6N7O4. The topological polar surface area (TPSA) is 170 Å². The lowest BCUT2D eigenvalue weighted by molar-refractivity contribution is -0.193. The minimum absolute atomic E-state index is 0.776. The number of carbonyl (C=O) groups is 2. The van der Waals surface area contributed by atoms with Crippen molar-refractivity contribution < 1.29 is 46.1 Å². The summed E-state index contributed by atoms with van der Waals surface area (Å²) in [6.45, 7) is 4.11. The molecule has 5 rings (SSSR count). The van der Waals surface area contributed by atoms with Gasteiger partial charge in [-0.15, -0.1) is 0 Å². The summed E-state index contributed by atoms with van der Waals surface area (Å²) in [5.41, 5.74) is 7.76. The van der Waals surface area contributed by atoms with Crippen LogP contribution in [0.5, 0.6) is 0 Å². The number of aromatic nitrogens is 6. The summed E-state index contributed by atoms with van der Waals surface area (Å²) in [7, 11) is 0. The summed E-state index contributed by atoms with van der Waals surface area (Å²) in [5.74, 6) is -3.92. The molecule has 17 heteroatoms. The largest absolute Gasteiger partial charge is 0.490 e. The Labute approximate surface area is 220 Å². The molecule has 212 valence electrons. The number of nitrogens with zero attached hydrogens (tertiary/aromatic N) is 4. The van der Waals surface area contributed by atoms with Crippen LogP contribution in [0.2, 0.25) is 0 Å². The van der Waals surface area contributed by atoms with Gasteiger partial charge in [-0.2, -0.15) is 31.4 Å². The molecule has 0 atom stereocenters. The molecule has 5 N–H and O–H groups in total. The van der Waals surface area contributed by atoms with Gasteiger partial charge in [0, 0.05) is 29.2 Å². The number of hydrogen-bond donors (Lipinski definition) is 5. The molecule has 0 saturated carbocycles. The first-order chi connectivity index (χ1) is 18.6. The van der Waals surface area contributed by atoms with Crippen molar-refractivity contribution in [1.29, 1.82) is 0 Å². The molecule has 0 saturated heterocycles. The average Bonchev–Trinajstić information content (AvgIpc) is 3.44. The fraction of sp³-hybridized carbons (Fsp3) is 0.217. The van der Waals surface area contributed by atoms with Crippen LogP contribution in [0.25, 0.3) is 33.9 Å². The van der Waals surface area contributed by atoms with E-state index < -0.39 is 24.3 Å². The summed E-state index contributed by atoms with van der Waals surface area (Å²) in [5, 5.41) is 25.1. The summed E-state index contributed by atoms with van der Waals surface area (Å²) >= 11 is 0. The number of imidazole rings is 1. The maximum absolute atomic E-state index is 10.6. The normalized spacial score (nSPS) is 11.7. The fourth-order valence-corrected chi connectivity index (χ4v) is 3.47. The Balaban J connectivity index is 0.000000263. The number of pyridine rings is 2. The van der Waals surface area contributed by atoms with Crippen molar-refractivity contribution in [2.45, 2.75) is 32.6 Å². The molecule has 0 aromatic carbocycles. The van der Waals surface area contributed by atoms with E-state index >= 15 is 0 Å². The van der Waals surface area contributed by atoms with Crippen molar-refractivity contribution >= 4 is 23.4 Å². The van der Waals surface area contributed by atoms with Crippen molar-refractivity contribution in [3.05, 3.63) is 48.2 Å². The summed E-state index contributed by atoms with van der Waals surface area (Å²) in [6, 6.07) is 5.94. The van der Waals surface area contributed by atoms with E-state index in [0.717, 1.165) is 63.2 Å². The number of alkyl halides is 6. The van der Waals surface area contributed by atoms with Crippen LogP contribution in [0.3, 0.4) is 0 Å². The Morgan fingerprint density at radius 3 is 2.17 bits per heavy atom. The van der Waals surface area contributed by atoms with Crippen molar-refractivity contribution in [2.24, 2.45) is 0 Å². The first kappa shape index (κ1) is 29.6. The number of carboxylic acids is 2. The van der Waals surface area contributed by atoms with E-state index in [4.69, 9.17) is 24.8 Å². The van der Waals surface area contributed by atoms with E-state index in [1.54, 1.807) is 12.4 Å². The van der Waals surface area contributed by atoms with Gasteiger partial charge in [0.05, 0.1) is 28.8 Å². The molecule has 4 aromatic heterocycles. The minimum atomic E-state index is -5.08.